The molecule has 2 heterocycles. The number of hydrogen-bond donors (Lipinski definition) is 0. The number of allylic oxidation sites excluding steroid dienone is 1. The highest BCUT2D eigenvalue weighted by Crippen LogP contribution is 2.21. The van der Waals surface area contributed by atoms with E-state index in [0.717, 1.165) is 38.2 Å². The van der Waals surface area contributed by atoms with Gasteiger partial charge in [0, 0.05) is 38.3 Å². The molecule has 0 spiro atoms. The number of piperidine rings is 1. The first kappa shape index (κ1) is 16.8. The largest absolute Gasteiger partial charge is 0.358 e. The van der Waals surface area contributed by atoms with Gasteiger partial charge in [-0.3, -0.25) is 9.79 Å². The van der Waals surface area contributed by atoms with Gasteiger partial charge in [0.25, 0.3) is 0 Å². The lowest BCUT2D eigenvalue weighted by Gasteiger charge is -2.34. The number of hydrogen-bond acceptors (Lipinski definition) is 3. The number of fused-ring (bicyclic) bond motifs is 1. The van der Waals surface area contributed by atoms with Crippen LogP contribution < -0.4 is 0 Å². The van der Waals surface area contributed by atoms with Crippen LogP contribution in [0.5, 0.6) is 0 Å². The van der Waals surface area contributed by atoms with E-state index in [1.165, 1.54) is 16.3 Å². The first-order valence-corrected chi connectivity index (χ1v) is 9.40. The average Bonchev–Trinajstić information content (AvgIpc) is 2.68. The van der Waals surface area contributed by atoms with E-state index in [9.17, 15) is 4.79 Å². The van der Waals surface area contributed by atoms with Crippen LogP contribution in [-0.2, 0) is 4.79 Å². The topological polar surface area (TPSA) is 35.9 Å². The van der Waals surface area contributed by atoms with E-state index in [0.29, 0.717) is 12.6 Å². The summed E-state index contributed by atoms with van der Waals surface area (Å²) in [7, 11) is 0. The van der Waals surface area contributed by atoms with Crippen LogP contribution in [0.2, 0.25) is 0 Å². The van der Waals surface area contributed by atoms with Gasteiger partial charge in [-0.25, -0.2) is 0 Å². The number of likely N-dealkylation sites (tertiary alicyclic amines) is 1. The van der Waals surface area contributed by atoms with E-state index in [1.807, 2.05) is 4.90 Å². The standard InChI is InChI=1S/C22H25N3O/c1-17(26)25-12-8-18(9-13-25)15-24-11-10-22(23-16-24)21-7-6-19-4-2-3-5-20(19)14-21/h2-7,10-11,14,18H,8-9,12-13,15-16H2,1H3. The zero-order valence-corrected chi connectivity index (χ0v) is 15.3. The zero-order valence-electron chi connectivity index (χ0n) is 15.3. The van der Waals surface area contributed by atoms with Gasteiger partial charge in [0.15, 0.2) is 0 Å². The van der Waals surface area contributed by atoms with E-state index in [-0.39, 0.29) is 5.91 Å². The number of nitrogens with zero attached hydrogens (tertiary/aromatic N) is 3. The highest BCUT2D eigenvalue weighted by molar-refractivity contribution is 6.10. The minimum absolute atomic E-state index is 0.200. The number of carbonyl (C=O) groups is 1. The Labute approximate surface area is 154 Å². The Bertz CT molecular complexity index is 863. The van der Waals surface area contributed by atoms with E-state index >= 15 is 0 Å². The number of benzene rings is 2. The van der Waals surface area contributed by atoms with E-state index in [4.69, 9.17) is 4.99 Å². The molecule has 1 fully saturated rings. The van der Waals surface area contributed by atoms with Gasteiger partial charge in [0.1, 0.15) is 6.67 Å². The van der Waals surface area contributed by atoms with Gasteiger partial charge < -0.3 is 9.80 Å². The van der Waals surface area contributed by atoms with Crippen molar-refractivity contribution in [3.63, 3.8) is 0 Å². The molecule has 1 amide bonds. The summed E-state index contributed by atoms with van der Waals surface area (Å²) in [4.78, 5) is 20.5. The third-order valence-electron chi connectivity index (χ3n) is 5.46. The van der Waals surface area contributed by atoms with Crippen molar-refractivity contribution in [2.45, 2.75) is 19.8 Å². The summed E-state index contributed by atoms with van der Waals surface area (Å²) >= 11 is 0. The Morgan fingerprint density at radius 2 is 1.88 bits per heavy atom. The molecule has 0 N–H and O–H groups in total. The van der Waals surface area contributed by atoms with Crippen LogP contribution in [0.15, 0.2) is 59.7 Å². The van der Waals surface area contributed by atoms with Crippen LogP contribution in [0.3, 0.4) is 0 Å². The monoisotopic (exact) mass is 347 g/mol. The minimum atomic E-state index is 0.200. The molecular weight excluding hydrogens is 322 g/mol. The van der Waals surface area contributed by atoms with E-state index in [1.54, 1.807) is 6.92 Å². The molecular formula is C22H25N3O. The Morgan fingerprint density at radius 3 is 2.58 bits per heavy atom. The van der Waals surface area contributed by atoms with E-state index < -0.39 is 0 Å². The number of carbonyl (C=O) groups excluding carboxylic acids is 1. The van der Waals surface area contributed by atoms with E-state index in [2.05, 4.69) is 59.6 Å². The molecule has 0 atom stereocenters. The fourth-order valence-corrected chi connectivity index (χ4v) is 3.86. The van der Waals surface area contributed by atoms with Crippen molar-refractivity contribution < 1.29 is 4.79 Å². The molecule has 2 aromatic carbocycles. The molecule has 0 radical (unpaired) electrons. The summed E-state index contributed by atoms with van der Waals surface area (Å²) in [5.41, 5.74) is 2.23. The quantitative estimate of drug-likeness (QED) is 0.849. The zero-order chi connectivity index (χ0) is 17.9. The van der Waals surface area contributed by atoms with Crippen LogP contribution in [0.4, 0.5) is 0 Å². The maximum absolute atomic E-state index is 11.4. The van der Waals surface area contributed by atoms with Crippen molar-refractivity contribution in [1.29, 1.82) is 0 Å². The van der Waals surface area contributed by atoms with Crippen LogP contribution >= 0.6 is 0 Å². The second-order valence-electron chi connectivity index (χ2n) is 7.28. The molecule has 134 valence electrons. The molecule has 1 saturated heterocycles. The van der Waals surface area contributed by atoms with Gasteiger partial charge in [-0.15, -0.1) is 0 Å². The van der Waals surface area contributed by atoms with Crippen molar-refractivity contribution >= 4 is 22.4 Å². The third-order valence-corrected chi connectivity index (χ3v) is 5.46. The molecule has 4 rings (SSSR count). The minimum Gasteiger partial charge on any atom is -0.358 e. The number of rotatable bonds is 3. The normalized spacial score (nSPS) is 18.3. The predicted octanol–water partition coefficient (Wildman–Crippen LogP) is 3.67. The van der Waals surface area contributed by atoms with Gasteiger partial charge in [0.05, 0.1) is 5.71 Å². The van der Waals surface area contributed by atoms with Crippen LogP contribution in [0.1, 0.15) is 25.3 Å². The second-order valence-corrected chi connectivity index (χ2v) is 7.28. The summed E-state index contributed by atoms with van der Waals surface area (Å²) < 4.78 is 0. The Hall–Kier alpha value is -2.62. The first-order chi connectivity index (χ1) is 12.7. The summed E-state index contributed by atoms with van der Waals surface area (Å²) in [5.74, 6) is 0.846. The summed E-state index contributed by atoms with van der Waals surface area (Å²) in [5, 5.41) is 2.51. The first-order valence-electron chi connectivity index (χ1n) is 9.40. The Kier molecular flexibility index (Phi) is 4.74. The summed E-state index contributed by atoms with van der Waals surface area (Å²) in [6.45, 7) is 5.19. The highest BCUT2D eigenvalue weighted by Gasteiger charge is 2.22. The molecule has 0 aliphatic carbocycles. The predicted molar refractivity (Wildman–Crippen MR) is 106 cm³/mol. The van der Waals surface area contributed by atoms with Crippen molar-refractivity contribution in [1.82, 2.24) is 9.80 Å². The lowest BCUT2D eigenvalue weighted by molar-refractivity contribution is -0.130. The third kappa shape index (κ3) is 3.64. The van der Waals surface area contributed by atoms with Crippen LogP contribution in [0, 0.1) is 5.92 Å². The molecule has 0 bridgehead atoms. The Balaban J connectivity index is 1.36. The van der Waals surface area contributed by atoms with Crippen molar-refractivity contribution in [3.05, 3.63) is 60.3 Å². The van der Waals surface area contributed by atoms with Gasteiger partial charge >= 0.3 is 0 Å². The average molecular weight is 347 g/mol. The van der Waals surface area contributed by atoms with Gasteiger partial charge in [-0.05, 0) is 41.7 Å². The summed E-state index contributed by atoms with van der Waals surface area (Å²) in [6, 6.07) is 14.9. The SMILES string of the molecule is CC(=O)N1CCC(CN2C=CC(c3ccc4ccccc4c3)=NC2)CC1. The molecule has 4 heteroatoms. The fourth-order valence-electron chi connectivity index (χ4n) is 3.86. The van der Waals surface area contributed by atoms with Gasteiger partial charge in [0.2, 0.25) is 5.91 Å². The molecule has 2 aliphatic rings. The van der Waals surface area contributed by atoms with Crippen molar-refractivity contribution in [2.75, 3.05) is 26.3 Å². The van der Waals surface area contributed by atoms with Gasteiger partial charge in [-0.1, -0.05) is 36.4 Å². The second kappa shape index (κ2) is 7.32. The molecule has 0 aromatic heterocycles. The van der Waals surface area contributed by atoms with Crippen LogP contribution in [-0.4, -0.2) is 47.7 Å². The van der Waals surface area contributed by atoms with Crippen molar-refractivity contribution in [3.8, 4) is 0 Å². The molecule has 4 nitrogen and oxygen atoms in total. The molecule has 0 saturated carbocycles. The maximum Gasteiger partial charge on any atom is 0.219 e. The van der Waals surface area contributed by atoms with Crippen LogP contribution in [0.25, 0.3) is 10.8 Å². The molecule has 26 heavy (non-hydrogen) atoms. The molecule has 0 unspecified atom stereocenters. The number of aliphatic imine (C=N–C) groups is 1. The lowest BCUT2D eigenvalue weighted by Crippen LogP contribution is -2.40. The summed E-state index contributed by atoms with van der Waals surface area (Å²) in [6.07, 6.45) is 6.48. The molecule has 2 aliphatic heterocycles. The fraction of sp³-hybridized carbons (Fsp3) is 0.364. The molecule has 2 aromatic rings. The van der Waals surface area contributed by atoms with Crippen molar-refractivity contribution in [2.24, 2.45) is 10.9 Å². The maximum atomic E-state index is 11.4. The number of amides is 1. The Morgan fingerprint density at radius 1 is 1.12 bits per heavy atom. The van der Waals surface area contributed by atoms with Gasteiger partial charge in [-0.2, -0.15) is 0 Å². The smallest absolute Gasteiger partial charge is 0.219 e. The highest BCUT2D eigenvalue weighted by atomic mass is 16.2. The lowest BCUT2D eigenvalue weighted by atomic mass is 9.96.